The van der Waals surface area contributed by atoms with Crippen LogP contribution in [0.1, 0.15) is 24.1 Å². The molecule has 0 unspecified atom stereocenters. The summed E-state index contributed by atoms with van der Waals surface area (Å²) in [7, 11) is 0. The van der Waals surface area contributed by atoms with Crippen LogP contribution in [0.5, 0.6) is 5.19 Å². The maximum atomic E-state index is 5.59. The van der Waals surface area contributed by atoms with E-state index in [1.807, 2.05) is 0 Å². The van der Waals surface area contributed by atoms with Crippen LogP contribution >= 0.6 is 11.3 Å². The summed E-state index contributed by atoms with van der Waals surface area (Å²) < 4.78 is 5.59. The average Bonchev–Trinajstić information content (AvgIpc) is 2.44. The summed E-state index contributed by atoms with van der Waals surface area (Å²) in [5.41, 5.74) is 0. The van der Waals surface area contributed by atoms with Gasteiger partial charge in [0.15, 0.2) is 0 Å². The zero-order chi connectivity index (χ0) is 8.39. The van der Waals surface area contributed by atoms with Crippen molar-refractivity contribution in [2.75, 3.05) is 0 Å². The minimum Gasteiger partial charge on any atom is -0.467 e. The third-order valence-electron chi connectivity index (χ3n) is 2.02. The van der Waals surface area contributed by atoms with Crippen molar-refractivity contribution < 1.29 is 4.74 Å². The smallest absolute Gasteiger partial charge is 0.273 e. The summed E-state index contributed by atoms with van der Waals surface area (Å²) in [5.74, 6) is 0. The van der Waals surface area contributed by atoms with Crippen LogP contribution in [0.3, 0.4) is 0 Å². The topological polar surface area (TPSA) is 22.1 Å². The summed E-state index contributed by atoms with van der Waals surface area (Å²) in [4.78, 5) is 5.21. The van der Waals surface area contributed by atoms with Gasteiger partial charge in [0, 0.05) is 6.20 Å². The van der Waals surface area contributed by atoms with E-state index in [1.165, 1.54) is 19.3 Å². The lowest BCUT2D eigenvalue weighted by Crippen LogP contribution is -2.24. The first-order valence-corrected chi connectivity index (χ1v) is 4.95. The van der Waals surface area contributed by atoms with E-state index in [9.17, 15) is 0 Å². The van der Waals surface area contributed by atoms with Crippen LogP contribution in [-0.2, 0) is 0 Å². The third-order valence-corrected chi connectivity index (χ3v) is 2.91. The highest BCUT2D eigenvalue weighted by Gasteiger charge is 2.20. The van der Waals surface area contributed by atoms with Crippen molar-refractivity contribution in [2.45, 2.75) is 25.4 Å². The fraction of sp³-hybridized carbons (Fsp3) is 0.444. The molecule has 0 aliphatic heterocycles. The van der Waals surface area contributed by atoms with Crippen molar-refractivity contribution in [3.8, 4) is 5.19 Å². The highest BCUT2D eigenvalue weighted by atomic mass is 32.1. The van der Waals surface area contributed by atoms with Gasteiger partial charge in [-0.2, -0.15) is 0 Å². The van der Waals surface area contributed by atoms with Gasteiger partial charge in [0.2, 0.25) is 0 Å². The Labute approximate surface area is 75.9 Å². The summed E-state index contributed by atoms with van der Waals surface area (Å²) in [6.45, 7) is 3.67. The molecule has 0 saturated heterocycles. The predicted molar refractivity (Wildman–Crippen MR) is 50.5 cm³/mol. The quantitative estimate of drug-likeness (QED) is 0.715. The Kier molecular flexibility index (Phi) is 2.13. The summed E-state index contributed by atoms with van der Waals surface area (Å²) in [5, 5.41) is 0.787. The maximum Gasteiger partial charge on any atom is 0.273 e. The van der Waals surface area contributed by atoms with E-state index in [0.29, 0.717) is 6.10 Å². The van der Waals surface area contributed by atoms with E-state index >= 15 is 0 Å². The molecule has 2 nitrogen and oxygen atoms in total. The number of aromatic nitrogens is 1. The monoisotopic (exact) mass is 181 g/mol. The van der Waals surface area contributed by atoms with Gasteiger partial charge in [-0.05, 0) is 19.3 Å². The van der Waals surface area contributed by atoms with E-state index < -0.39 is 0 Å². The molecule has 0 spiro atoms. The fourth-order valence-corrected chi connectivity index (χ4v) is 1.73. The second kappa shape index (κ2) is 3.27. The maximum absolute atomic E-state index is 5.59. The molecule has 0 atom stereocenters. The van der Waals surface area contributed by atoms with Crippen LogP contribution in [-0.4, -0.2) is 11.1 Å². The van der Waals surface area contributed by atoms with Gasteiger partial charge in [0.25, 0.3) is 5.19 Å². The van der Waals surface area contributed by atoms with Crippen molar-refractivity contribution in [2.24, 2.45) is 0 Å². The first-order chi connectivity index (χ1) is 5.88. The number of thiazole rings is 1. The van der Waals surface area contributed by atoms with Crippen LogP contribution in [0.15, 0.2) is 12.8 Å². The van der Waals surface area contributed by atoms with Crippen LogP contribution in [0, 0.1) is 0 Å². The van der Waals surface area contributed by atoms with E-state index in [0.717, 1.165) is 10.1 Å². The second-order valence-electron chi connectivity index (χ2n) is 2.90. The first-order valence-electron chi connectivity index (χ1n) is 4.13. The Morgan fingerprint density at radius 2 is 2.50 bits per heavy atom. The van der Waals surface area contributed by atoms with Crippen molar-refractivity contribution in [3.63, 3.8) is 0 Å². The molecule has 1 saturated carbocycles. The molecule has 1 heterocycles. The normalized spacial score (nSPS) is 17.0. The molecule has 1 fully saturated rings. The number of nitrogens with zero attached hydrogens (tertiary/aromatic N) is 1. The lowest BCUT2D eigenvalue weighted by atomic mass is 9.96. The van der Waals surface area contributed by atoms with E-state index in [2.05, 4.69) is 11.6 Å². The molecule has 0 amide bonds. The molecular formula is C9H11NOS. The molecule has 0 bridgehead atoms. The Hall–Kier alpha value is -0.830. The standard InChI is InChI=1S/C9H11NOS/c1-2-8-6-10-9(12-8)11-7-4-3-5-7/h2,6-7H,1,3-5H2. The molecule has 0 radical (unpaired) electrons. The predicted octanol–water partition coefficient (Wildman–Crippen LogP) is 2.72. The van der Waals surface area contributed by atoms with Gasteiger partial charge >= 0.3 is 0 Å². The van der Waals surface area contributed by atoms with Crippen LogP contribution in [0.2, 0.25) is 0 Å². The van der Waals surface area contributed by atoms with Crippen LogP contribution in [0.4, 0.5) is 0 Å². The van der Waals surface area contributed by atoms with Gasteiger partial charge in [-0.25, -0.2) is 4.98 Å². The molecule has 1 aliphatic carbocycles. The third kappa shape index (κ3) is 1.50. The highest BCUT2D eigenvalue weighted by Crippen LogP contribution is 2.28. The van der Waals surface area contributed by atoms with Crippen molar-refractivity contribution in [1.29, 1.82) is 0 Å². The van der Waals surface area contributed by atoms with Gasteiger partial charge in [0.1, 0.15) is 6.10 Å². The summed E-state index contributed by atoms with van der Waals surface area (Å²) in [6, 6.07) is 0. The molecule has 12 heavy (non-hydrogen) atoms. The zero-order valence-electron chi connectivity index (χ0n) is 6.82. The Morgan fingerprint density at radius 1 is 1.67 bits per heavy atom. The lowest BCUT2D eigenvalue weighted by molar-refractivity contribution is 0.120. The van der Waals surface area contributed by atoms with Crippen molar-refractivity contribution >= 4 is 17.4 Å². The molecule has 1 aliphatic rings. The van der Waals surface area contributed by atoms with Crippen molar-refractivity contribution in [1.82, 2.24) is 4.98 Å². The molecule has 3 heteroatoms. The minimum absolute atomic E-state index is 0.425. The molecule has 1 aromatic rings. The van der Waals surface area contributed by atoms with Gasteiger partial charge < -0.3 is 4.74 Å². The summed E-state index contributed by atoms with van der Waals surface area (Å²) in [6.07, 6.45) is 7.68. The van der Waals surface area contributed by atoms with Crippen molar-refractivity contribution in [3.05, 3.63) is 17.7 Å². The molecule has 64 valence electrons. The highest BCUT2D eigenvalue weighted by molar-refractivity contribution is 7.14. The molecule has 0 aromatic carbocycles. The molecule has 1 aromatic heterocycles. The Balaban J connectivity index is 1.97. The molecule has 2 rings (SSSR count). The van der Waals surface area contributed by atoms with E-state index in [1.54, 1.807) is 23.6 Å². The molecule has 0 N–H and O–H groups in total. The van der Waals surface area contributed by atoms with Gasteiger partial charge in [-0.1, -0.05) is 24.0 Å². The van der Waals surface area contributed by atoms with Crippen LogP contribution < -0.4 is 4.74 Å². The van der Waals surface area contributed by atoms with E-state index in [4.69, 9.17) is 4.74 Å². The second-order valence-corrected chi connectivity index (χ2v) is 3.93. The van der Waals surface area contributed by atoms with Crippen LogP contribution in [0.25, 0.3) is 6.08 Å². The average molecular weight is 181 g/mol. The largest absolute Gasteiger partial charge is 0.467 e. The molecular weight excluding hydrogens is 170 g/mol. The van der Waals surface area contributed by atoms with Gasteiger partial charge in [0.05, 0.1) is 4.88 Å². The minimum atomic E-state index is 0.425. The number of hydrogen-bond donors (Lipinski definition) is 0. The summed E-state index contributed by atoms with van der Waals surface area (Å²) >= 11 is 1.56. The fourth-order valence-electron chi connectivity index (χ4n) is 1.05. The van der Waals surface area contributed by atoms with Gasteiger partial charge in [-0.15, -0.1) is 0 Å². The SMILES string of the molecule is C=Cc1cnc(OC2CCC2)s1. The number of rotatable bonds is 3. The first kappa shape index (κ1) is 7.80. The Morgan fingerprint density at radius 3 is 3.00 bits per heavy atom. The lowest BCUT2D eigenvalue weighted by Gasteiger charge is -2.24. The Bertz CT molecular complexity index is 278. The zero-order valence-corrected chi connectivity index (χ0v) is 7.64. The number of hydrogen-bond acceptors (Lipinski definition) is 3. The number of ether oxygens (including phenoxy) is 1. The van der Waals surface area contributed by atoms with E-state index in [-0.39, 0.29) is 0 Å². The van der Waals surface area contributed by atoms with Gasteiger partial charge in [-0.3, -0.25) is 0 Å².